The van der Waals surface area contributed by atoms with E-state index in [4.69, 9.17) is 9.47 Å². The number of aromatic nitrogens is 1. The molecule has 0 saturated carbocycles. The molecule has 2 heterocycles. The number of nitrogens with zero attached hydrogens (tertiary/aromatic N) is 3. The number of ether oxygens (including phenoxy) is 2. The van der Waals surface area contributed by atoms with Crippen LogP contribution in [0, 0.1) is 0 Å². The van der Waals surface area contributed by atoms with Crippen molar-refractivity contribution in [3.05, 3.63) is 24.4 Å². The van der Waals surface area contributed by atoms with Crippen LogP contribution in [-0.4, -0.2) is 75.5 Å². The molecule has 1 aliphatic heterocycles. The molecule has 0 spiro atoms. The van der Waals surface area contributed by atoms with Gasteiger partial charge in [-0.2, -0.15) is 0 Å². The molecule has 0 aromatic carbocycles. The van der Waals surface area contributed by atoms with Crippen LogP contribution in [0.4, 0.5) is 5.82 Å². The minimum atomic E-state index is 0.369. The summed E-state index contributed by atoms with van der Waals surface area (Å²) in [5, 5.41) is 6.83. The molecular weight excluding hydrogens is 342 g/mol. The number of pyridine rings is 1. The molecule has 1 aliphatic rings. The summed E-state index contributed by atoms with van der Waals surface area (Å²) in [6, 6.07) is 5.91. The third-order valence-corrected chi connectivity index (χ3v) is 4.66. The molecule has 27 heavy (non-hydrogen) atoms. The highest BCUT2D eigenvalue weighted by atomic mass is 16.5. The maximum absolute atomic E-state index is 5.93. The molecule has 2 rings (SSSR count). The number of unbranched alkanes of at least 4 members (excludes halogenated alkanes) is 1. The van der Waals surface area contributed by atoms with Gasteiger partial charge in [-0.3, -0.25) is 4.99 Å². The van der Waals surface area contributed by atoms with Crippen molar-refractivity contribution in [2.24, 2.45) is 4.99 Å². The maximum atomic E-state index is 5.93. The Labute approximate surface area is 163 Å². The molecule has 0 radical (unpaired) electrons. The topological polar surface area (TPSA) is 71.0 Å². The number of likely N-dealkylation sites (tertiary alicyclic amines) is 1. The molecule has 0 aliphatic carbocycles. The second-order valence-corrected chi connectivity index (χ2v) is 6.73. The Morgan fingerprint density at radius 3 is 2.70 bits per heavy atom. The van der Waals surface area contributed by atoms with E-state index in [2.05, 4.69) is 25.5 Å². The second-order valence-electron chi connectivity index (χ2n) is 6.73. The van der Waals surface area contributed by atoms with Crippen molar-refractivity contribution in [3.63, 3.8) is 0 Å². The van der Waals surface area contributed by atoms with Gasteiger partial charge in [-0.05, 0) is 44.2 Å². The van der Waals surface area contributed by atoms with Gasteiger partial charge in [0.15, 0.2) is 5.96 Å². The second kappa shape index (κ2) is 13.3. The predicted octanol–water partition coefficient (Wildman–Crippen LogP) is 2.37. The van der Waals surface area contributed by atoms with Gasteiger partial charge in [-0.1, -0.05) is 6.07 Å². The average molecular weight is 378 g/mol. The lowest BCUT2D eigenvalue weighted by Crippen LogP contribution is -2.47. The van der Waals surface area contributed by atoms with Crippen molar-refractivity contribution in [1.29, 1.82) is 0 Å². The van der Waals surface area contributed by atoms with Gasteiger partial charge < -0.3 is 25.0 Å². The van der Waals surface area contributed by atoms with Gasteiger partial charge in [0.2, 0.25) is 0 Å². The summed E-state index contributed by atoms with van der Waals surface area (Å²) in [5.41, 5.74) is 0. The van der Waals surface area contributed by atoms with Gasteiger partial charge in [0.1, 0.15) is 5.82 Å². The van der Waals surface area contributed by atoms with Crippen LogP contribution in [0.3, 0.4) is 0 Å². The van der Waals surface area contributed by atoms with Crippen molar-refractivity contribution in [2.75, 3.05) is 58.9 Å². The number of hydrogen-bond acceptors (Lipinski definition) is 5. The molecular formula is C20H35N5O2. The minimum absolute atomic E-state index is 0.369. The summed E-state index contributed by atoms with van der Waals surface area (Å²) in [4.78, 5) is 11.0. The Kier molecular flexibility index (Phi) is 10.6. The molecule has 152 valence electrons. The number of anilines is 1. The Balaban J connectivity index is 1.54. The van der Waals surface area contributed by atoms with Gasteiger partial charge in [0.05, 0.1) is 6.10 Å². The molecule has 1 aromatic heterocycles. The zero-order valence-corrected chi connectivity index (χ0v) is 16.8. The average Bonchev–Trinajstić information content (AvgIpc) is 2.72. The van der Waals surface area contributed by atoms with E-state index >= 15 is 0 Å². The third-order valence-electron chi connectivity index (χ3n) is 4.66. The van der Waals surface area contributed by atoms with E-state index in [1.807, 2.05) is 31.4 Å². The normalized spacial score (nSPS) is 15.8. The quantitative estimate of drug-likeness (QED) is 0.350. The smallest absolute Gasteiger partial charge is 0.193 e. The van der Waals surface area contributed by atoms with E-state index in [1.54, 1.807) is 7.11 Å². The van der Waals surface area contributed by atoms with E-state index in [9.17, 15) is 0 Å². The fourth-order valence-electron chi connectivity index (χ4n) is 3.15. The van der Waals surface area contributed by atoms with Crippen LogP contribution in [0.25, 0.3) is 0 Å². The van der Waals surface area contributed by atoms with Crippen molar-refractivity contribution in [1.82, 2.24) is 15.2 Å². The first kappa shape index (κ1) is 21.4. The first-order valence-corrected chi connectivity index (χ1v) is 10.0. The zero-order chi connectivity index (χ0) is 19.2. The maximum Gasteiger partial charge on any atom is 0.193 e. The fraction of sp³-hybridized carbons (Fsp3) is 0.700. The number of rotatable bonds is 11. The Morgan fingerprint density at radius 1 is 1.19 bits per heavy atom. The zero-order valence-electron chi connectivity index (χ0n) is 16.8. The standard InChI is InChI=1S/C20H35N5O2/c1-21-20(24-13-6-5-12-23-19-8-3-4-11-22-19)25-14-9-18(10-15-25)27-17-7-16-26-2/h3-4,8,11,18H,5-7,9-10,12-17H2,1-2H3,(H,21,24)(H,22,23). The van der Waals surface area contributed by atoms with Crippen LogP contribution in [0.1, 0.15) is 32.1 Å². The SMILES string of the molecule is CN=C(NCCCCNc1ccccn1)N1CCC(OCCCOC)CC1. The van der Waals surface area contributed by atoms with E-state index in [0.717, 1.165) is 83.3 Å². The molecule has 1 fully saturated rings. The molecule has 0 unspecified atom stereocenters. The lowest BCUT2D eigenvalue weighted by molar-refractivity contribution is 0.00991. The Bertz CT molecular complexity index is 518. The summed E-state index contributed by atoms with van der Waals surface area (Å²) in [7, 11) is 3.59. The molecule has 0 bridgehead atoms. The number of hydrogen-bond donors (Lipinski definition) is 2. The minimum Gasteiger partial charge on any atom is -0.385 e. The van der Waals surface area contributed by atoms with E-state index in [1.165, 1.54) is 0 Å². The van der Waals surface area contributed by atoms with Gasteiger partial charge >= 0.3 is 0 Å². The van der Waals surface area contributed by atoms with E-state index in [-0.39, 0.29) is 0 Å². The molecule has 1 saturated heterocycles. The lowest BCUT2D eigenvalue weighted by Gasteiger charge is -2.34. The summed E-state index contributed by atoms with van der Waals surface area (Å²) in [6.45, 7) is 5.42. The first-order valence-electron chi connectivity index (χ1n) is 10.0. The summed E-state index contributed by atoms with van der Waals surface area (Å²) in [6.07, 6.45) is 7.45. The summed E-state index contributed by atoms with van der Waals surface area (Å²) < 4.78 is 11.0. The highest BCUT2D eigenvalue weighted by molar-refractivity contribution is 5.79. The van der Waals surface area contributed by atoms with Crippen LogP contribution < -0.4 is 10.6 Å². The predicted molar refractivity (Wildman–Crippen MR) is 110 cm³/mol. The molecule has 2 N–H and O–H groups in total. The Hall–Kier alpha value is -1.86. The monoisotopic (exact) mass is 377 g/mol. The largest absolute Gasteiger partial charge is 0.385 e. The lowest BCUT2D eigenvalue weighted by atomic mass is 10.1. The van der Waals surface area contributed by atoms with Crippen LogP contribution in [0.15, 0.2) is 29.4 Å². The molecule has 7 nitrogen and oxygen atoms in total. The van der Waals surface area contributed by atoms with Gasteiger partial charge in [0, 0.05) is 59.7 Å². The van der Waals surface area contributed by atoms with Crippen LogP contribution >= 0.6 is 0 Å². The van der Waals surface area contributed by atoms with Gasteiger partial charge in [0.25, 0.3) is 0 Å². The molecule has 1 aromatic rings. The third kappa shape index (κ3) is 8.58. The van der Waals surface area contributed by atoms with E-state index in [0.29, 0.717) is 6.10 Å². The van der Waals surface area contributed by atoms with E-state index < -0.39 is 0 Å². The van der Waals surface area contributed by atoms with Crippen molar-refractivity contribution in [2.45, 2.75) is 38.2 Å². The van der Waals surface area contributed by atoms with Gasteiger partial charge in [-0.25, -0.2) is 4.98 Å². The number of guanidine groups is 1. The molecule has 0 amide bonds. The van der Waals surface area contributed by atoms with Crippen molar-refractivity contribution >= 4 is 11.8 Å². The highest BCUT2D eigenvalue weighted by Crippen LogP contribution is 2.14. The number of methoxy groups -OCH3 is 1. The van der Waals surface area contributed by atoms with Crippen LogP contribution in [0.5, 0.6) is 0 Å². The van der Waals surface area contributed by atoms with Crippen LogP contribution in [-0.2, 0) is 9.47 Å². The molecule has 0 atom stereocenters. The summed E-state index contributed by atoms with van der Waals surface area (Å²) >= 11 is 0. The molecule has 7 heteroatoms. The highest BCUT2D eigenvalue weighted by Gasteiger charge is 2.21. The first-order chi connectivity index (χ1) is 13.3. The number of aliphatic imine (C=N–C) groups is 1. The fourth-order valence-corrected chi connectivity index (χ4v) is 3.15. The van der Waals surface area contributed by atoms with Crippen LogP contribution in [0.2, 0.25) is 0 Å². The number of piperidine rings is 1. The van der Waals surface area contributed by atoms with Crippen molar-refractivity contribution < 1.29 is 9.47 Å². The van der Waals surface area contributed by atoms with Crippen molar-refractivity contribution in [3.8, 4) is 0 Å². The number of nitrogens with one attached hydrogen (secondary N) is 2. The van der Waals surface area contributed by atoms with Gasteiger partial charge in [-0.15, -0.1) is 0 Å². The Morgan fingerprint density at radius 2 is 2.00 bits per heavy atom. The summed E-state index contributed by atoms with van der Waals surface area (Å²) in [5.74, 6) is 1.94.